The van der Waals surface area contributed by atoms with E-state index in [0.717, 1.165) is 10.9 Å². The molecule has 0 unspecified atom stereocenters. The van der Waals surface area contributed by atoms with Crippen LogP contribution >= 0.6 is 0 Å². The molecule has 1 aromatic carbocycles. The summed E-state index contributed by atoms with van der Waals surface area (Å²) in [5.41, 5.74) is 5.87. The Morgan fingerprint density at radius 3 is 2.19 bits per heavy atom. The van der Waals surface area contributed by atoms with Crippen LogP contribution in [0.1, 0.15) is 0 Å². The van der Waals surface area contributed by atoms with Crippen LogP contribution in [0.5, 0.6) is 0 Å². The van der Waals surface area contributed by atoms with Gasteiger partial charge in [-0.2, -0.15) is 27.1 Å². The second-order valence-corrected chi connectivity index (χ2v) is 9.02. The van der Waals surface area contributed by atoms with Gasteiger partial charge in [-0.05, 0) is 24.3 Å². The molecular formula is C20H18F5N5O5S. The Morgan fingerprint density at radius 2 is 1.72 bits per heavy atom. The summed E-state index contributed by atoms with van der Waals surface area (Å²) >= 11 is 0. The summed E-state index contributed by atoms with van der Waals surface area (Å²) in [5.74, 6) is -2.76. The molecule has 16 heteroatoms. The highest BCUT2D eigenvalue weighted by Crippen LogP contribution is 2.21. The Bertz CT molecular complexity index is 1430. The molecule has 194 valence electrons. The van der Waals surface area contributed by atoms with Crippen molar-refractivity contribution in [1.29, 1.82) is 0 Å². The molecule has 0 bridgehead atoms. The Morgan fingerprint density at radius 1 is 1.14 bits per heavy atom. The molecule has 0 aliphatic carbocycles. The van der Waals surface area contributed by atoms with Crippen molar-refractivity contribution in [2.24, 2.45) is 5.73 Å². The van der Waals surface area contributed by atoms with Crippen molar-refractivity contribution in [2.45, 2.75) is 17.6 Å². The molecule has 0 radical (unpaired) electrons. The first-order chi connectivity index (χ1) is 16.6. The van der Waals surface area contributed by atoms with Gasteiger partial charge in [0, 0.05) is 30.1 Å². The molecular weight excluding hydrogens is 517 g/mol. The molecule has 0 saturated heterocycles. The Kier molecular flexibility index (Phi) is 8.82. The molecule has 0 fully saturated rings. The summed E-state index contributed by atoms with van der Waals surface area (Å²) in [6.45, 7) is -0.792. The average molecular weight is 535 g/mol. The van der Waals surface area contributed by atoms with Gasteiger partial charge < -0.3 is 10.8 Å². The van der Waals surface area contributed by atoms with Crippen LogP contribution in [0.4, 0.5) is 22.0 Å². The van der Waals surface area contributed by atoms with Gasteiger partial charge in [0.25, 0.3) is 6.08 Å². The van der Waals surface area contributed by atoms with Crippen LogP contribution in [0, 0.1) is 0 Å². The second kappa shape index (κ2) is 11.2. The molecule has 3 aromatic rings. The molecule has 0 amide bonds. The van der Waals surface area contributed by atoms with Crippen LogP contribution in [0.15, 0.2) is 70.3 Å². The fourth-order valence-corrected chi connectivity index (χ4v) is 3.24. The number of pyridine rings is 1. The smallest absolute Gasteiger partial charge is 0.475 e. The number of alkyl halides is 3. The van der Waals surface area contributed by atoms with E-state index in [1.54, 1.807) is 24.3 Å². The summed E-state index contributed by atoms with van der Waals surface area (Å²) in [4.78, 5) is 25.8. The van der Waals surface area contributed by atoms with Gasteiger partial charge in [-0.25, -0.2) is 27.3 Å². The first-order valence-electron chi connectivity index (χ1n) is 9.59. The van der Waals surface area contributed by atoms with Crippen LogP contribution in [0.3, 0.4) is 0 Å². The highest BCUT2D eigenvalue weighted by atomic mass is 32.2. The largest absolute Gasteiger partial charge is 0.490 e. The monoisotopic (exact) mass is 535 g/mol. The number of carboxylic acids is 1. The molecule has 2 heterocycles. The Hall–Kier alpha value is -3.92. The minimum atomic E-state index is -5.08. The summed E-state index contributed by atoms with van der Waals surface area (Å²) in [6.07, 6.45) is -3.20. The number of aliphatic carboxylic acids is 1. The van der Waals surface area contributed by atoms with E-state index in [1.807, 2.05) is 0 Å². The molecule has 10 nitrogen and oxygen atoms in total. The van der Waals surface area contributed by atoms with Crippen LogP contribution in [0.2, 0.25) is 0 Å². The van der Waals surface area contributed by atoms with E-state index < -0.39 is 40.3 Å². The number of aromatic nitrogens is 4. The van der Waals surface area contributed by atoms with Crippen molar-refractivity contribution in [1.82, 2.24) is 19.3 Å². The first kappa shape index (κ1) is 28.3. The number of sulfone groups is 1. The molecule has 0 spiro atoms. The highest BCUT2D eigenvalue weighted by Gasteiger charge is 2.38. The maximum absolute atomic E-state index is 12.8. The van der Waals surface area contributed by atoms with Crippen molar-refractivity contribution >= 4 is 15.8 Å². The number of hydrogen-bond acceptors (Lipinski definition) is 7. The van der Waals surface area contributed by atoms with E-state index in [4.69, 9.17) is 15.6 Å². The van der Waals surface area contributed by atoms with Crippen LogP contribution in [-0.4, -0.2) is 57.8 Å². The van der Waals surface area contributed by atoms with Gasteiger partial charge in [-0.15, -0.1) is 0 Å². The quantitative estimate of drug-likeness (QED) is 0.457. The Balaban J connectivity index is 0.000000572. The van der Waals surface area contributed by atoms with E-state index in [9.17, 15) is 35.2 Å². The summed E-state index contributed by atoms with van der Waals surface area (Å²) < 4.78 is 82.6. The topological polar surface area (TPSA) is 150 Å². The number of carbonyl (C=O) groups is 1. The normalized spacial score (nSPS) is 11.4. The summed E-state index contributed by atoms with van der Waals surface area (Å²) in [6, 6.07) is 9.33. The minimum Gasteiger partial charge on any atom is -0.475 e. The van der Waals surface area contributed by atoms with Crippen molar-refractivity contribution in [2.75, 3.05) is 12.8 Å². The van der Waals surface area contributed by atoms with Gasteiger partial charge >= 0.3 is 17.8 Å². The minimum absolute atomic E-state index is 0.179. The lowest BCUT2D eigenvalue weighted by Gasteiger charge is -2.06. The number of hydrogen-bond donors (Lipinski definition) is 2. The molecule has 36 heavy (non-hydrogen) atoms. The molecule has 0 aliphatic heterocycles. The maximum Gasteiger partial charge on any atom is 0.490 e. The van der Waals surface area contributed by atoms with Crippen molar-refractivity contribution < 1.29 is 40.3 Å². The van der Waals surface area contributed by atoms with Gasteiger partial charge in [0.15, 0.2) is 9.84 Å². The van der Waals surface area contributed by atoms with Crippen LogP contribution in [0.25, 0.3) is 16.9 Å². The predicted molar refractivity (Wildman–Crippen MR) is 116 cm³/mol. The zero-order valence-corrected chi connectivity index (χ0v) is 19.1. The van der Waals surface area contributed by atoms with Crippen LogP contribution < -0.4 is 11.4 Å². The van der Waals surface area contributed by atoms with Gasteiger partial charge in [-0.3, -0.25) is 4.98 Å². The highest BCUT2D eigenvalue weighted by molar-refractivity contribution is 7.90. The molecule has 0 aliphatic rings. The number of carboxylic acid groups (broad SMARTS) is 1. The van der Waals surface area contributed by atoms with E-state index >= 15 is 0 Å². The lowest BCUT2D eigenvalue weighted by atomic mass is 10.1. The molecule has 0 saturated carbocycles. The van der Waals surface area contributed by atoms with E-state index in [1.165, 1.54) is 29.2 Å². The zero-order chi connectivity index (χ0) is 27.3. The second-order valence-electron chi connectivity index (χ2n) is 7.01. The predicted octanol–water partition coefficient (Wildman–Crippen LogP) is 2.24. The number of benzene rings is 1. The van der Waals surface area contributed by atoms with Crippen molar-refractivity contribution in [3.8, 4) is 16.9 Å². The SMILES string of the molecule is CS(=O)(=O)c1ccc(-c2cc(-n3cnn(CC(CN)=C(F)F)c3=O)ccn2)cc1.O=C(O)C(F)(F)F. The fourth-order valence-electron chi connectivity index (χ4n) is 2.60. The van der Waals surface area contributed by atoms with Crippen LogP contribution in [-0.2, 0) is 21.2 Å². The first-order valence-corrected chi connectivity index (χ1v) is 11.5. The van der Waals surface area contributed by atoms with E-state index in [2.05, 4.69) is 10.1 Å². The van der Waals surface area contributed by atoms with Gasteiger partial charge in [0.1, 0.15) is 6.33 Å². The molecule has 3 N–H and O–H groups in total. The number of halogens is 5. The maximum atomic E-state index is 12.8. The summed E-state index contributed by atoms with van der Waals surface area (Å²) in [7, 11) is -3.32. The number of nitrogens with two attached hydrogens (primary N) is 1. The van der Waals surface area contributed by atoms with Gasteiger partial charge in [0.05, 0.1) is 22.8 Å². The van der Waals surface area contributed by atoms with Crippen molar-refractivity contribution in [3.05, 3.63) is 71.1 Å². The Labute approximate surface area is 200 Å². The molecule has 0 atom stereocenters. The molecule has 2 aromatic heterocycles. The lowest BCUT2D eigenvalue weighted by molar-refractivity contribution is -0.192. The third-order valence-electron chi connectivity index (χ3n) is 4.43. The fraction of sp³-hybridized carbons (Fsp3) is 0.200. The zero-order valence-electron chi connectivity index (χ0n) is 18.3. The lowest BCUT2D eigenvalue weighted by Crippen LogP contribution is -2.26. The number of rotatable bonds is 6. The third-order valence-corrected chi connectivity index (χ3v) is 5.56. The van der Waals surface area contributed by atoms with E-state index in [-0.39, 0.29) is 17.0 Å². The van der Waals surface area contributed by atoms with Crippen molar-refractivity contribution in [3.63, 3.8) is 0 Å². The third kappa shape index (κ3) is 7.29. The van der Waals surface area contributed by atoms with E-state index in [0.29, 0.717) is 16.9 Å². The standard InChI is InChI=1S/C18H17F2N5O3S.C2HF3O2/c1-29(27,28)15-4-2-12(3-5-15)16-8-14(6-7-22-16)24-11-23-25(18(24)26)10-13(9-21)17(19)20;3-2(4,5)1(6)7/h2-8,11H,9-10,21H2,1H3;(H,6,7). The average Bonchev–Trinajstić information content (AvgIpc) is 3.16. The number of nitrogens with zero attached hydrogens (tertiary/aromatic N) is 4. The van der Waals surface area contributed by atoms with Gasteiger partial charge in [-0.1, -0.05) is 12.1 Å². The molecule has 3 rings (SSSR count). The summed E-state index contributed by atoms with van der Waals surface area (Å²) in [5, 5.41) is 11.0. The van der Waals surface area contributed by atoms with Gasteiger partial charge in [0.2, 0.25) is 0 Å².